The Labute approximate surface area is 169 Å². The Morgan fingerprint density at radius 2 is 1.52 bits per heavy atom. The molecule has 0 bridgehead atoms. The summed E-state index contributed by atoms with van der Waals surface area (Å²) in [6.07, 6.45) is -4.03. The van der Waals surface area contributed by atoms with Crippen LogP contribution in [0.25, 0.3) is 0 Å². The zero-order chi connectivity index (χ0) is 20.6. The molecule has 1 aliphatic heterocycles. The first-order valence-electron chi connectivity index (χ1n) is 9.56. The molecule has 0 spiro atoms. The fourth-order valence-corrected chi connectivity index (χ4v) is 3.37. The number of aliphatic hydroxyl groups is 1. The molecule has 1 fully saturated rings. The van der Waals surface area contributed by atoms with Crippen molar-refractivity contribution in [3.05, 3.63) is 71.8 Å². The number of amides is 1. The van der Waals surface area contributed by atoms with Crippen molar-refractivity contribution in [1.82, 2.24) is 5.32 Å². The number of hydrogen-bond acceptors (Lipinski definition) is 5. The number of rotatable bonds is 8. The first kappa shape index (κ1) is 21.4. The van der Waals surface area contributed by atoms with E-state index < -0.39 is 37.3 Å². The van der Waals surface area contributed by atoms with Crippen molar-refractivity contribution < 1.29 is 28.5 Å². The van der Waals surface area contributed by atoms with Crippen LogP contribution in [0.1, 0.15) is 18.1 Å². The molecule has 1 amide bonds. The highest BCUT2D eigenvalue weighted by Crippen LogP contribution is 2.27. The van der Waals surface area contributed by atoms with Crippen LogP contribution in [-0.4, -0.2) is 48.3 Å². The lowest BCUT2D eigenvalue weighted by Gasteiger charge is -2.44. The Hall–Kier alpha value is -2.32. The van der Waals surface area contributed by atoms with Gasteiger partial charge in [-0.1, -0.05) is 60.7 Å². The Bertz CT molecular complexity index is 760. The molecular weight excluding hydrogens is 377 g/mol. The van der Waals surface area contributed by atoms with Gasteiger partial charge in [0.1, 0.15) is 31.0 Å². The van der Waals surface area contributed by atoms with Crippen LogP contribution < -0.4 is 5.32 Å². The molecule has 1 saturated heterocycles. The number of ether oxygens (including phenoxy) is 3. The molecule has 5 unspecified atom stereocenters. The first-order valence-corrected chi connectivity index (χ1v) is 9.56. The third-order valence-corrected chi connectivity index (χ3v) is 4.76. The van der Waals surface area contributed by atoms with Gasteiger partial charge in [-0.25, -0.2) is 4.39 Å². The predicted octanol–water partition coefficient (Wildman–Crippen LogP) is 2.35. The molecule has 0 aliphatic carbocycles. The van der Waals surface area contributed by atoms with E-state index in [0.29, 0.717) is 0 Å². The highest BCUT2D eigenvalue weighted by atomic mass is 19.1. The van der Waals surface area contributed by atoms with Crippen molar-refractivity contribution in [2.45, 2.75) is 50.8 Å². The maximum Gasteiger partial charge on any atom is 0.217 e. The monoisotopic (exact) mass is 403 g/mol. The van der Waals surface area contributed by atoms with Gasteiger partial charge in [0, 0.05) is 6.92 Å². The summed E-state index contributed by atoms with van der Waals surface area (Å²) < 4.78 is 31.1. The van der Waals surface area contributed by atoms with E-state index in [1.807, 2.05) is 60.7 Å². The molecule has 1 aliphatic rings. The molecule has 0 saturated carbocycles. The van der Waals surface area contributed by atoms with E-state index in [9.17, 15) is 14.3 Å². The van der Waals surface area contributed by atoms with Crippen LogP contribution in [-0.2, 0) is 32.2 Å². The van der Waals surface area contributed by atoms with Gasteiger partial charge in [0.15, 0.2) is 6.29 Å². The first-order chi connectivity index (χ1) is 14.1. The van der Waals surface area contributed by atoms with Gasteiger partial charge in [-0.15, -0.1) is 0 Å². The van der Waals surface area contributed by atoms with Crippen molar-refractivity contribution >= 4 is 5.91 Å². The van der Waals surface area contributed by atoms with Crippen molar-refractivity contribution in [3.8, 4) is 0 Å². The normalized spacial score (nSPS) is 26.8. The molecule has 3 rings (SSSR count). The van der Waals surface area contributed by atoms with Gasteiger partial charge in [0.25, 0.3) is 0 Å². The number of carbonyl (C=O) groups is 1. The van der Waals surface area contributed by atoms with E-state index in [4.69, 9.17) is 14.2 Å². The highest BCUT2D eigenvalue weighted by molar-refractivity contribution is 5.73. The molecule has 2 aromatic carbocycles. The number of alkyl halides is 1. The summed E-state index contributed by atoms with van der Waals surface area (Å²) in [4.78, 5) is 11.7. The zero-order valence-corrected chi connectivity index (χ0v) is 16.2. The van der Waals surface area contributed by atoms with Crippen LogP contribution in [0.3, 0.4) is 0 Å². The summed E-state index contributed by atoms with van der Waals surface area (Å²) in [5.74, 6) is -0.355. The maximum atomic E-state index is 13.7. The van der Waals surface area contributed by atoms with Crippen molar-refractivity contribution in [2.24, 2.45) is 0 Å². The van der Waals surface area contributed by atoms with Gasteiger partial charge in [0.2, 0.25) is 5.91 Å². The van der Waals surface area contributed by atoms with Gasteiger partial charge in [-0.2, -0.15) is 0 Å². The summed E-state index contributed by atoms with van der Waals surface area (Å²) in [6.45, 7) is 0.925. The lowest BCUT2D eigenvalue weighted by atomic mass is 9.96. The molecule has 2 aromatic rings. The van der Waals surface area contributed by atoms with Gasteiger partial charge >= 0.3 is 0 Å². The summed E-state index contributed by atoms with van der Waals surface area (Å²) in [6, 6.07) is 18.0. The molecule has 0 radical (unpaired) electrons. The van der Waals surface area contributed by atoms with Gasteiger partial charge in [-0.05, 0) is 11.1 Å². The van der Waals surface area contributed by atoms with Crippen molar-refractivity contribution in [2.75, 3.05) is 6.67 Å². The Morgan fingerprint density at radius 1 is 1.00 bits per heavy atom. The second-order valence-electron chi connectivity index (χ2n) is 6.97. The third kappa shape index (κ3) is 5.83. The number of nitrogens with one attached hydrogen (secondary N) is 1. The van der Waals surface area contributed by atoms with E-state index >= 15 is 0 Å². The number of aliphatic hydroxyl groups excluding tert-OH is 1. The molecule has 1 heterocycles. The van der Waals surface area contributed by atoms with E-state index in [2.05, 4.69) is 5.32 Å². The second-order valence-corrected chi connectivity index (χ2v) is 6.97. The SMILES string of the molecule is CC(=O)NC1C(O)OC(CF)C(OCc2ccccc2)C1OCc1ccccc1. The topological polar surface area (TPSA) is 77.0 Å². The summed E-state index contributed by atoms with van der Waals surface area (Å²) in [7, 11) is 0. The smallest absolute Gasteiger partial charge is 0.217 e. The molecule has 0 aromatic heterocycles. The summed E-state index contributed by atoms with van der Waals surface area (Å²) in [5.41, 5.74) is 1.82. The van der Waals surface area contributed by atoms with Crippen LogP contribution in [0.4, 0.5) is 4.39 Å². The molecule has 6 nitrogen and oxygen atoms in total. The number of benzene rings is 2. The summed E-state index contributed by atoms with van der Waals surface area (Å²) in [5, 5.41) is 13.0. The minimum atomic E-state index is -1.41. The van der Waals surface area contributed by atoms with Crippen LogP contribution in [0.15, 0.2) is 60.7 Å². The molecule has 29 heavy (non-hydrogen) atoms. The fourth-order valence-electron chi connectivity index (χ4n) is 3.37. The minimum absolute atomic E-state index is 0.221. The Balaban J connectivity index is 1.80. The molecular formula is C22H26FNO5. The standard InChI is InChI=1S/C22H26FNO5/c1-15(25)24-19-21(28-14-17-10-6-3-7-11-17)20(18(12-23)29-22(19)26)27-13-16-8-4-2-5-9-16/h2-11,18-22,26H,12-14H2,1H3,(H,24,25). The fraction of sp³-hybridized carbons (Fsp3) is 0.409. The molecule has 2 N–H and O–H groups in total. The van der Waals surface area contributed by atoms with Crippen LogP contribution >= 0.6 is 0 Å². The minimum Gasteiger partial charge on any atom is -0.368 e. The Kier molecular flexibility index (Phi) is 7.71. The van der Waals surface area contributed by atoms with Crippen LogP contribution in [0, 0.1) is 0 Å². The van der Waals surface area contributed by atoms with Gasteiger partial charge < -0.3 is 24.6 Å². The molecule has 7 heteroatoms. The predicted molar refractivity (Wildman–Crippen MR) is 104 cm³/mol. The number of halogens is 1. The third-order valence-electron chi connectivity index (χ3n) is 4.76. The quantitative estimate of drug-likeness (QED) is 0.708. The van der Waals surface area contributed by atoms with E-state index in [-0.39, 0.29) is 19.1 Å². The molecule has 5 atom stereocenters. The highest BCUT2D eigenvalue weighted by Gasteiger charge is 2.47. The van der Waals surface area contributed by atoms with Gasteiger partial charge in [0.05, 0.1) is 13.2 Å². The average Bonchev–Trinajstić information content (AvgIpc) is 2.74. The lowest BCUT2D eigenvalue weighted by Crippen LogP contribution is -2.65. The van der Waals surface area contributed by atoms with E-state index in [1.165, 1.54) is 6.92 Å². The molecule has 156 valence electrons. The lowest BCUT2D eigenvalue weighted by molar-refractivity contribution is -0.271. The van der Waals surface area contributed by atoms with Gasteiger partial charge in [-0.3, -0.25) is 4.79 Å². The zero-order valence-electron chi connectivity index (χ0n) is 16.2. The average molecular weight is 403 g/mol. The van der Waals surface area contributed by atoms with E-state index in [0.717, 1.165) is 11.1 Å². The van der Waals surface area contributed by atoms with Crippen molar-refractivity contribution in [1.29, 1.82) is 0 Å². The largest absolute Gasteiger partial charge is 0.368 e. The van der Waals surface area contributed by atoms with Crippen molar-refractivity contribution in [3.63, 3.8) is 0 Å². The van der Waals surface area contributed by atoms with Crippen LogP contribution in [0.5, 0.6) is 0 Å². The van der Waals surface area contributed by atoms with Crippen LogP contribution in [0.2, 0.25) is 0 Å². The van der Waals surface area contributed by atoms with E-state index in [1.54, 1.807) is 0 Å². The second kappa shape index (κ2) is 10.5. The Morgan fingerprint density at radius 3 is 2.00 bits per heavy atom. The summed E-state index contributed by atoms with van der Waals surface area (Å²) >= 11 is 0. The number of hydrogen-bond donors (Lipinski definition) is 2. The maximum absolute atomic E-state index is 13.7. The number of carbonyl (C=O) groups excluding carboxylic acids is 1.